The van der Waals surface area contributed by atoms with Crippen LogP contribution in [0.5, 0.6) is 0 Å². The highest BCUT2D eigenvalue weighted by Crippen LogP contribution is 2.30. The van der Waals surface area contributed by atoms with E-state index in [-0.39, 0.29) is 0 Å². The third-order valence-corrected chi connectivity index (χ3v) is 2.69. The van der Waals surface area contributed by atoms with E-state index in [4.69, 9.17) is 21.8 Å². The van der Waals surface area contributed by atoms with Gasteiger partial charge in [0.05, 0.1) is 17.8 Å². The molecule has 1 aromatic carbocycles. The number of benzene rings is 1. The average Bonchev–Trinajstić information content (AvgIpc) is 2.70. The third-order valence-electron chi connectivity index (χ3n) is 2.19. The zero-order valence-corrected chi connectivity index (χ0v) is 9.08. The minimum absolute atomic E-state index is 0.295. The summed E-state index contributed by atoms with van der Waals surface area (Å²) in [6.07, 6.45) is 1.64. The van der Waals surface area contributed by atoms with E-state index in [1.165, 1.54) is 0 Å². The lowest BCUT2D eigenvalue weighted by molar-refractivity contribution is 0.509. The molecule has 0 aliphatic heterocycles. The summed E-state index contributed by atoms with van der Waals surface area (Å²) >= 11 is 6.16. The molecule has 0 atom stereocenters. The molecule has 1 heterocycles. The molecule has 0 fully saturated rings. The first-order valence-corrected chi connectivity index (χ1v) is 5.00. The Bertz CT molecular complexity index is 479. The van der Waals surface area contributed by atoms with E-state index in [9.17, 15) is 0 Å². The van der Waals surface area contributed by atoms with Crippen molar-refractivity contribution in [3.63, 3.8) is 0 Å². The van der Waals surface area contributed by atoms with Crippen molar-refractivity contribution in [3.05, 3.63) is 40.9 Å². The van der Waals surface area contributed by atoms with E-state index in [0.717, 1.165) is 11.1 Å². The first-order valence-electron chi connectivity index (χ1n) is 4.62. The first-order chi connectivity index (χ1) is 7.22. The van der Waals surface area contributed by atoms with Gasteiger partial charge in [0.25, 0.3) is 0 Å². The molecule has 0 spiro atoms. The fraction of sp³-hybridized carbons (Fsp3) is 0.182. The van der Waals surface area contributed by atoms with Gasteiger partial charge in [-0.3, -0.25) is 0 Å². The normalized spacial score (nSPS) is 10.6. The molecule has 2 N–H and O–H groups in total. The highest BCUT2D eigenvalue weighted by molar-refractivity contribution is 6.33. The molecule has 78 valence electrons. The molecule has 0 bridgehead atoms. The fourth-order valence-electron chi connectivity index (χ4n) is 1.37. The average molecular weight is 223 g/mol. The summed E-state index contributed by atoms with van der Waals surface area (Å²) in [5.41, 5.74) is 7.28. The lowest BCUT2D eigenvalue weighted by Crippen LogP contribution is -1.94. The predicted octanol–water partition coefficient (Wildman–Crippen LogP) is 2.76. The number of aromatic nitrogens is 1. The topological polar surface area (TPSA) is 52.0 Å². The van der Waals surface area contributed by atoms with E-state index >= 15 is 0 Å². The molecule has 0 aliphatic carbocycles. The SMILES string of the molecule is Cc1cccc(-c2cnc(CN)o2)c1Cl. The van der Waals surface area contributed by atoms with Gasteiger partial charge in [0.1, 0.15) is 0 Å². The Morgan fingerprint density at radius 1 is 1.47 bits per heavy atom. The molecule has 0 unspecified atom stereocenters. The van der Waals surface area contributed by atoms with Crippen molar-refractivity contribution in [1.82, 2.24) is 4.98 Å². The van der Waals surface area contributed by atoms with Crippen LogP contribution in [0, 0.1) is 6.92 Å². The van der Waals surface area contributed by atoms with Crippen LogP contribution in [0.4, 0.5) is 0 Å². The standard InChI is InChI=1S/C11H11ClN2O/c1-7-3-2-4-8(11(7)12)9-6-14-10(5-13)15-9/h2-4,6H,5,13H2,1H3. The zero-order chi connectivity index (χ0) is 10.8. The van der Waals surface area contributed by atoms with Crippen LogP contribution in [0.15, 0.2) is 28.8 Å². The Morgan fingerprint density at radius 3 is 2.93 bits per heavy atom. The number of hydrogen-bond donors (Lipinski definition) is 1. The molecular formula is C11H11ClN2O. The number of nitrogens with zero attached hydrogens (tertiary/aromatic N) is 1. The number of rotatable bonds is 2. The van der Waals surface area contributed by atoms with Gasteiger partial charge in [0.15, 0.2) is 5.76 Å². The van der Waals surface area contributed by atoms with Gasteiger partial charge >= 0.3 is 0 Å². The molecule has 0 radical (unpaired) electrons. The molecule has 4 heteroatoms. The van der Waals surface area contributed by atoms with Crippen molar-refractivity contribution in [2.75, 3.05) is 0 Å². The Hall–Kier alpha value is -1.32. The Balaban J connectivity index is 2.49. The molecule has 2 aromatic rings. The first kappa shape index (κ1) is 10.2. The number of aryl methyl sites for hydroxylation is 1. The third kappa shape index (κ3) is 1.89. The minimum atomic E-state index is 0.295. The van der Waals surface area contributed by atoms with Gasteiger partial charge in [-0.2, -0.15) is 0 Å². The van der Waals surface area contributed by atoms with Gasteiger partial charge in [0.2, 0.25) is 5.89 Å². The van der Waals surface area contributed by atoms with Gasteiger partial charge in [-0.05, 0) is 18.6 Å². The van der Waals surface area contributed by atoms with E-state index in [0.29, 0.717) is 23.2 Å². The smallest absolute Gasteiger partial charge is 0.208 e. The van der Waals surface area contributed by atoms with Crippen molar-refractivity contribution in [1.29, 1.82) is 0 Å². The lowest BCUT2D eigenvalue weighted by atomic mass is 10.1. The number of hydrogen-bond acceptors (Lipinski definition) is 3. The van der Waals surface area contributed by atoms with Crippen molar-refractivity contribution < 1.29 is 4.42 Å². The van der Waals surface area contributed by atoms with Crippen molar-refractivity contribution in [2.24, 2.45) is 5.73 Å². The lowest BCUT2D eigenvalue weighted by Gasteiger charge is -2.02. The van der Waals surface area contributed by atoms with Crippen molar-refractivity contribution in [3.8, 4) is 11.3 Å². The highest BCUT2D eigenvalue weighted by Gasteiger charge is 2.10. The summed E-state index contributed by atoms with van der Waals surface area (Å²) in [6.45, 7) is 2.25. The maximum Gasteiger partial charge on any atom is 0.208 e. The zero-order valence-electron chi connectivity index (χ0n) is 8.33. The molecule has 15 heavy (non-hydrogen) atoms. The van der Waals surface area contributed by atoms with Crippen LogP contribution in [-0.2, 0) is 6.54 Å². The van der Waals surface area contributed by atoms with Gasteiger partial charge in [-0.15, -0.1) is 0 Å². The quantitative estimate of drug-likeness (QED) is 0.850. The van der Waals surface area contributed by atoms with Crippen LogP contribution in [-0.4, -0.2) is 4.98 Å². The molecule has 0 aliphatic rings. The fourth-order valence-corrected chi connectivity index (χ4v) is 1.59. The maximum absolute atomic E-state index is 6.16. The maximum atomic E-state index is 6.16. The van der Waals surface area contributed by atoms with Crippen LogP contribution in [0.3, 0.4) is 0 Å². The Labute approximate surface area is 92.9 Å². The molecule has 0 saturated carbocycles. The van der Waals surface area contributed by atoms with Crippen LogP contribution < -0.4 is 5.73 Å². The van der Waals surface area contributed by atoms with Crippen molar-refractivity contribution in [2.45, 2.75) is 13.5 Å². The summed E-state index contributed by atoms with van der Waals surface area (Å²) in [4.78, 5) is 4.03. The summed E-state index contributed by atoms with van der Waals surface area (Å²) in [5, 5.41) is 0.692. The summed E-state index contributed by atoms with van der Waals surface area (Å²) in [7, 11) is 0. The van der Waals surface area contributed by atoms with E-state index in [1.807, 2.05) is 25.1 Å². The van der Waals surface area contributed by atoms with Crippen LogP contribution in [0.2, 0.25) is 5.02 Å². The monoisotopic (exact) mass is 222 g/mol. The predicted molar refractivity (Wildman–Crippen MR) is 59.6 cm³/mol. The largest absolute Gasteiger partial charge is 0.439 e. The summed E-state index contributed by atoms with van der Waals surface area (Å²) < 4.78 is 5.43. The van der Waals surface area contributed by atoms with Gasteiger partial charge in [0, 0.05) is 5.56 Å². The Morgan fingerprint density at radius 2 is 2.27 bits per heavy atom. The summed E-state index contributed by atoms with van der Waals surface area (Å²) in [5.74, 6) is 1.17. The number of halogens is 1. The number of oxazole rings is 1. The second-order valence-electron chi connectivity index (χ2n) is 3.26. The number of nitrogens with two attached hydrogens (primary N) is 1. The molecule has 1 aromatic heterocycles. The van der Waals surface area contributed by atoms with E-state index in [1.54, 1.807) is 6.20 Å². The van der Waals surface area contributed by atoms with Crippen LogP contribution in [0.25, 0.3) is 11.3 Å². The highest BCUT2D eigenvalue weighted by atomic mass is 35.5. The molecule has 3 nitrogen and oxygen atoms in total. The van der Waals surface area contributed by atoms with Gasteiger partial charge in [-0.1, -0.05) is 23.7 Å². The molecular weight excluding hydrogens is 212 g/mol. The van der Waals surface area contributed by atoms with E-state index < -0.39 is 0 Å². The Kier molecular flexibility index (Phi) is 2.75. The molecule has 0 saturated heterocycles. The summed E-state index contributed by atoms with van der Waals surface area (Å²) in [6, 6.07) is 5.78. The molecule has 0 amide bonds. The van der Waals surface area contributed by atoms with Gasteiger partial charge < -0.3 is 10.2 Å². The second kappa shape index (κ2) is 4.04. The van der Waals surface area contributed by atoms with Gasteiger partial charge in [-0.25, -0.2) is 4.98 Å². The van der Waals surface area contributed by atoms with E-state index in [2.05, 4.69) is 4.98 Å². The molecule has 2 rings (SSSR count). The minimum Gasteiger partial charge on any atom is -0.439 e. The van der Waals surface area contributed by atoms with Crippen molar-refractivity contribution >= 4 is 11.6 Å². The second-order valence-corrected chi connectivity index (χ2v) is 3.64. The van der Waals surface area contributed by atoms with Crippen LogP contribution >= 0.6 is 11.6 Å². The van der Waals surface area contributed by atoms with Crippen LogP contribution in [0.1, 0.15) is 11.5 Å².